The molecule has 1 N–H and O–H groups in total. The molecule has 1 aromatic rings. The predicted molar refractivity (Wildman–Crippen MR) is 59.3 cm³/mol. The van der Waals surface area contributed by atoms with E-state index in [1.165, 1.54) is 6.21 Å². The van der Waals surface area contributed by atoms with Gasteiger partial charge in [-0.3, -0.25) is 15.1 Å². The molecule has 0 radical (unpaired) electrons. The summed E-state index contributed by atoms with van der Waals surface area (Å²) in [4.78, 5) is 25.7. The number of rotatable bonds is 2. The summed E-state index contributed by atoms with van der Waals surface area (Å²) in [5, 5.41) is 7.07. The van der Waals surface area contributed by atoms with E-state index in [2.05, 4.69) is 15.4 Å². The number of nitrogens with zero attached hydrogens (tertiary/aromatic N) is 3. The lowest BCUT2D eigenvalue weighted by Crippen LogP contribution is -2.24. The van der Waals surface area contributed by atoms with E-state index in [1.54, 1.807) is 24.5 Å². The van der Waals surface area contributed by atoms with Gasteiger partial charge in [0, 0.05) is 12.4 Å². The number of hydrogen-bond acceptors (Lipinski definition) is 4. The molecule has 7 heteroatoms. The molecule has 1 aliphatic heterocycles. The molecule has 1 aliphatic rings. The fourth-order valence-electron chi connectivity index (χ4n) is 1.11. The number of amides is 3. The Morgan fingerprint density at radius 1 is 1.38 bits per heavy atom. The van der Waals surface area contributed by atoms with Crippen LogP contribution in [0.1, 0.15) is 5.56 Å². The lowest BCUT2D eigenvalue weighted by molar-refractivity contribution is -0.118. The lowest BCUT2D eigenvalue weighted by atomic mass is 10.3. The van der Waals surface area contributed by atoms with Crippen LogP contribution in [0.5, 0.6) is 0 Å². The van der Waals surface area contributed by atoms with E-state index in [4.69, 9.17) is 0 Å². The maximum atomic E-state index is 11.1. The normalized spacial score (nSPS) is 15.1. The van der Waals surface area contributed by atoms with Crippen molar-refractivity contribution >= 4 is 30.6 Å². The number of hydrazone groups is 1. The van der Waals surface area contributed by atoms with Gasteiger partial charge in [0.1, 0.15) is 6.54 Å². The Morgan fingerprint density at radius 3 is 2.62 bits per heavy atom. The van der Waals surface area contributed by atoms with Crippen molar-refractivity contribution < 1.29 is 9.59 Å². The molecule has 0 bridgehead atoms. The summed E-state index contributed by atoms with van der Waals surface area (Å²) in [6.07, 6.45) is 4.74. The van der Waals surface area contributed by atoms with Gasteiger partial charge < -0.3 is 0 Å². The van der Waals surface area contributed by atoms with Crippen LogP contribution >= 0.6 is 12.4 Å². The average Bonchev–Trinajstić information content (AvgIpc) is 2.56. The van der Waals surface area contributed by atoms with Crippen molar-refractivity contribution in [3.63, 3.8) is 0 Å². The highest BCUT2D eigenvalue weighted by Crippen LogP contribution is 1.99. The number of pyridine rings is 1. The zero-order chi connectivity index (χ0) is 10.7. The monoisotopic (exact) mass is 240 g/mol. The topological polar surface area (TPSA) is 74.7 Å². The number of imide groups is 1. The molecule has 0 atom stereocenters. The Labute approximate surface area is 97.8 Å². The summed E-state index contributed by atoms with van der Waals surface area (Å²) in [7, 11) is 0. The number of urea groups is 1. The maximum Gasteiger partial charge on any atom is 0.344 e. The zero-order valence-corrected chi connectivity index (χ0v) is 8.98. The summed E-state index contributed by atoms with van der Waals surface area (Å²) in [5.41, 5.74) is 0.817. The van der Waals surface area contributed by atoms with Crippen molar-refractivity contribution in [3.8, 4) is 0 Å². The van der Waals surface area contributed by atoms with Gasteiger partial charge in [0.25, 0.3) is 0 Å². The second-order valence-corrected chi connectivity index (χ2v) is 2.94. The van der Waals surface area contributed by atoms with E-state index < -0.39 is 6.03 Å². The first kappa shape index (κ1) is 12.1. The highest BCUT2D eigenvalue weighted by molar-refractivity contribution is 6.02. The minimum absolute atomic E-state index is 0. The van der Waals surface area contributed by atoms with E-state index >= 15 is 0 Å². The summed E-state index contributed by atoms with van der Waals surface area (Å²) >= 11 is 0. The number of nitrogens with one attached hydrogen (secondary N) is 1. The van der Waals surface area contributed by atoms with Crippen molar-refractivity contribution in [1.29, 1.82) is 0 Å². The first-order valence-electron chi connectivity index (χ1n) is 4.31. The van der Waals surface area contributed by atoms with Gasteiger partial charge in [-0.25, -0.2) is 9.80 Å². The molecule has 0 aliphatic carbocycles. The number of hydrogen-bond donors (Lipinski definition) is 1. The van der Waals surface area contributed by atoms with Crippen LogP contribution in [0.2, 0.25) is 0 Å². The summed E-state index contributed by atoms with van der Waals surface area (Å²) in [6, 6.07) is 3.00. The largest absolute Gasteiger partial charge is 0.344 e. The third kappa shape index (κ3) is 2.77. The average molecular weight is 241 g/mol. The number of halogens is 1. The molecule has 1 fully saturated rings. The number of carbonyl (C=O) groups excluding carboxylic acids is 2. The van der Waals surface area contributed by atoms with Crippen molar-refractivity contribution in [2.45, 2.75) is 0 Å². The van der Waals surface area contributed by atoms with Crippen molar-refractivity contribution in [2.75, 3.05) is 6.54 Å². The fraction of sp³-hybridized carbons (Fsp3) is 0.111. The fourth-order valence-corrected chi connectivity index (χ4v) is 1.11. The molecule has 16 heavy (non-hydrogen) atoms. The SMILES string of the molecule is Cl.O=C1CN(/N=C/c2ccncc2)C(=O)N1. The van der Waals surface area contributed by atoms with E-state index in [0.29, 0.717) is 0 Å². The summed E-state index contributed by atoms with van der Waals surface area (Å²) < 4.78 is 0. The van der Waals surface area contributed by atoms with Crippen LogP contribution < -0.4 is 5.32 Å². The quantitative estimate of drug-likeness (QED) is 0.600. The van der Waals surface area contributed by atoms with Gasteiger partial charge in [-0.2, -0.15) is 5.10 Å². The van der Waals surface area contributed by atoms with E-state index in [1.807, 2.05) is 0 Å². The Kier molecular flexibility index (Phi) is 3.96. The second kappa shape index (κ2) is 5.22. The number of aromatic nitrogens is 1. The standard InChI is InChI=1S/C9H8N4O2.ClH/c14-8-6-13(9(15)12-8)11-5-7-1-3-10-4-2-7;/h1-5H,6H2,(H,12,14,15);1H/b11-5+;. The molecule has 84 valence electrons. The Hall–Kier alpha value is -1.95. The van der Waals surface area contributed by atoms with Gasteiger partial charge in [0.2, 0.25) is 5.91 Å². The van der Waals surface area contributed by atoms with E-state index in [0.717, 1.165) is 10.6 Å². The molecule has 1 aromatic heterocycles. The van der Waals surface area contributed by atoms with Crippen LogP contribution in [-0.4, -0.2) is 34.7 Å². The molecular formula is C9H9ClN4O2. The summed E-state index contributed by atoms with van der Waals surface area (Å²) in [6.45, 7) is -0.0274. The molecule has 0 unspecified atom stereocenters. The first-order valence-corrected chi connectivity index (χ1v) is 4.31. The molecule has 0 aromatic carbocycles. The van der Waals surface area contributed by atoms with Gasteiger partial charge >= 0.3 is 6.03 Å². The van der Waals surface area contributed by atoms with Crippen LogP contribution in [-0.2, 0) is 4.79 Å². The molecule has 2 rings (SSSR count). The number of carbonyl (C=O) groups is 2. The molecule has 0 spiro atoms. The van der Waals surface area contributed by atoms with Gasteiger partial charge in [0.15, 0.2) is 0 Å². The lowest BCUT2D eigenvalue weighted by Gasteiger charge is -2.03. The minimum Gasteiger partial charge on any atom is -0.275 e. The van der Waals surface area contributed by atoms with Gasteiger partial charge in [-0.15, -0.1) is 12.4 Å². The maximum absolute atomic E-state index is 11.1. The van der Waals surface area contributed by atoms with Crippen molar-refractivity contribution in [1.82, 2.24) is 15.3 Å². The van der Waals surface area contributed by atoms with Crippen LogP contribution in [0.25, 0.3) is 0 Å². The van der Waals surface area contributed by atoms with E-state index in [9.17, 15) is 9.59 Å². The Balaban J connectivity index is 0.00000128. The third-order valence-electron chi connectivity index (χ3n) is 1.83. The summed E-state index contributed by atoms with van der Waals surface area (Å²) in [5.74, 6) is -0.341. The second-order valence-electron chi connectivity index (χ2n) is 2.94. The third-order valence-corrected chi connectivity index (χ3v) is 1.83. The molecule has 3 amide bonds. The Bertz CT molecular complexity index is 421. The highest BCUT2D eigenvalue weighted by Gasteiger charge is 2.25. The van der Waals surface area contributed by atoms with Gasteiger partial charge in [0.05, 0.1) is 6.21 Å². The minimum atomic E-state index is -0.495. The molecule has 6 nitrogen and oxygen atoms in total. The van der Waals surface area contributed by atoms with Gasteiger partial charge in [-0.1, -0.05) is 0 Å². The van der Waals surface area contributed by atoms with Crippen molar-refractivity contribution in [3.05, 3.63) is 30.1 Å². The Morgan fingerprint density at radius 2 is 2.06 bits per heavy atom. The van der Waals surface area contributed by atoms with Crippen LogP contribution in [0.15, 0.2) is 29.6 Å². The molecule has 1 saturated heterocycles. The van der Waals surface area contributed by atoms with Crippen molar-refractivity contribution in [2.24, 2.45) is 5.10 Å². The van der Waals surface area contributed by atoms with Crippen LogP contribution in [0.3, 0.4) is 0 Å². The molecule has 0 saturated carbocycles. The molecule has 2 heterocycles. The van der Waals surface area contributed by atoms with Crippen LogP contribution in [0.4, 0.5) is 4.79 Å². The van der Waals surface area contributed by atoms with Crippen LogP contribution in [0, 0.1) is 0 Å². The van der Waals surface area contributed by atoms with E-state index in [-0.39, 0.29) is 24.9 Å². The predicted octanol–water partition coefficient (Wildman–Crippen LogP) is 0.389. The van der Waals surface area contributed by atoms with Gasteiger partial charge in [-0.05, 0) is 17.7 Å². The smallest absolute Gasteiger partial charge is 0.275 e. The zero-order valence-electron chi connectivity index (χ0n) is 8.16. The highest BCUT2D eigenvalue weighted by atomic mass is 35.5. The molecular weight excluding hydrogens is 232 g/mol. The first-order chi connectivity index (χ1) is 7.25.